The van der Waals surface area contributed by atoms with Gasteiger partial charge in [0, 0.05) is 6.07 Å². The molecule has 0 aliphatic heterocycles. The molecule has 1 aromatic carbocycles. The van der Waals surface area contributed by atoms with Crippen LogP contribution in [0.2, 0.25) is 0 Å². The largest absolute Gasteiger partial charge is 0.324 e. The quantitative estimate of drug-likeness (QED) is 0.452. The van der Waals surface area contributed by atoms with Crippen molar-refractivity contribution in [3.05, 3.63) is 51.4 Å². The number of para-hydroxylation sites is 1. The zero-order valence-electron chi connectivity index (χ0n) is 10.0. The first kappa shape index (κ1) is 12.7. The summed E-state index contributed by atoms with van der Waals surface area (Å²) in [5.74, 6) is 0. The first-order chi connectivity index (χ1) is 9.72. The maximum Gasteiger partial charge on any atom is 0.324 e. The average Bonchev–Trinajstić information content (AvgIpc) is 3.04. The Hall–Kier alpha value is -2.32. The van der Waals surface area contributed by atoms with Gasteiger partial charge in [0.2, 0.25) is 5.13 Å². The molecule has 0 fully saturated rings. The van der Waals surface area contributed by atoms with E-state index in [2.05, 4.69) is 15.5 Å². The summed E-state index contributed by atoms with van der Waals surface area (Å²) in [5, 5.41) is 15.4. The Morgan fingerprint density at radius 3 is 2.85 bits per heavy atom. The molecule has 8 heteroatoms. The number of hydrogen-bond acceptors (Lipinski definition) is 7. The molecule has 0 aliphatic rings. The van der Waals surface area contributed by atoms with Gasteiger partial charge >= 0.3 is 5.00 Å². The van der Waals surface area contributed by atoms with Crippen molar-refractivity contribution < 1.29 is 4.92 Å². The summed E-state index contributed by atoms with van der Waals surface area (Å²) in [6.07, 6.45) is 1.55. The third-order valence-corrected chi connectivity index (χ3v) is 4.35. The van der Waals surface area contributed by atoms with Gasteiger partial charge in [0.05, 0.1) is 26.2 Å². The topological polar surface area (TPSA) is 80.4 Å². The number of rotatable bonds is 4. The van der Waals surface area contributed by atoms with Gasteiger partial charge in [0.15, 0.2) is 0 Å². The van der Waals surface area contributed by atoms with Crippen LogP contribution >= 0.6 is 22.7 Å². The van der Waals surface area contributed by atoms with E-state index in [1.54, 1.807) is 12.3 Å². The molecule has 0 radical (unpaired) electrons. The highest BCUT2D eigenvalue weighted by Gasteiger charge is 2.08. The number of hydrogen-bond donors (Lipinski definition) is 1. The van der Waals surface area contributed by atoms with Gasteiger partial charge in [-0.3, -0.25) is 15.5 Å². The van der Waals surface area contributed by atoms with Crippen molar-refractivity contribution >= 4 is 49.2 Å². The Morgan fingerprint density at radius 2 is 2.10 bits per heavy atom. The monoisotopic (exact) mass is 304 g/mol. The van der Waals surface area contributed by atoms with Crippen LogP contribution in [-0.4, -0.2) is 16.1 Å². The number of nitrogens with one attached hydrogen (secondary N) is 1. The number of nitrogens with zero attached hydrogens (tertiary/aromatic N) is 3. The number of thiophene rings is 1. The normalized spacial score (nSPS) is 11.2. The summed E-state index contributed by atoms with van der Waals surface area (Å²) in [7, 11) is 0. The molecule has 0 saturated heterocycles. The Kier molecular flexibility index (Phi) is 3.40. The second kappa shape index (κ2) is 5.35. The van der Waals surface area contributed by atoms with E-state index >= 15 is 0 Å². The van der Waals surface area contributed by atoms with Gasteiger partial charge in [-0.05, 0) is 18.2 Å². The SMILES string of the molecule is O=[N+]([O-])c1ccc(/C=N\Nc2nc3ccccc3s2)s1. The van der Waals surface area contributed by atoms with Gasteiger partial charge in [-0.25, -0.2) is 4.98 Å². The third-order valence-electron chi connectivity index (χ3n) is 2.44. The van der Waals surface area contributed by atoms with Gasteiger partial charge in [-0.2, -0.15) is 5.10 Å². The van der Waals surface area contributed by atoms with Crippen LogP contribution in [0, 0.1) is 10.1 Å². The standard InChI is InChI=1S/C12H8N4O2S2/c17-16(18)11-6-5-8(19-11)7-13-15-12-14-9-3-1-2-4-10(9)20-12/h1-7H,(H,14,15)/b13-7-. The fourth-order valence-corrected chi connectivity index (χ4v) is 3.09. The second-order valence-corrected chi connectivity index (χ2v) is 5.91. The van der Waals surface area contributed by atoms with E-state index in [-0.39, 0.29) is 5.00 Å². The lowest BCUT2D eigenvalue weighted by atomic mass is 10.3. The number of aromatic nitrogens is 1. The molecular formula is C12H8N4O2S2. The van der Waals surface area contributed by atoms with Crippen molar-refractivity contribution in [1.82, 2.24) is 4.98 Å². The molecule has 1 N–H and O–H groups in total. The zero-order valence-corrected chi connectivity index (χ0v) is 11.6. The molecule has 100 valence electrons. The van der Waals surface area contributed by atoms with Crippen molar-refractivity contribution in [2.75, 3.05) is 5.43 Å². The Morgan fingerprint density at radius 1 is 1.25 bits per heavy atom. The van der Waals surface area contributed by atoms with Gasteiger partial charge < -0.3 is 0 Å². The second-order valence-electron chi connectivity index (χ2n) is 3.79. The molecule has 0 spiro atoms. The molecule has 3 aromatic rings. The lowest BCUT2D eigenvalue weighted by Crippen LogP contribution is -1.87. The van der Waals surface area contributed by atoms with E-state index < -0.39 is 4.92 Å². The summed E-state index contributed by atoms with van der Waals surface area (Å²) < 4.78 is 1.08. The van der Waals surface area contributed by atoms with E-state index in [0.717, 1.165) is 21.6 Å². The third kappa shape index (κ3) is 2.65. The molecule has 0 unspecified atom stereocenters. The summed E-state index contributed by atoms with van der Waals surface area (Å²) >= 11 is 2.58. The summed E-state index contributed by atoms with van der Waals surface area (Å²) in [4.78, 5) is 15.2. The highest BCUT2D eigenvalue weighted by molar-refractivity contribution is 7.22. The minimum Gasteiger partial charge on any atom is -0.258 e. The Bertz CT molecular complexity index is 760. The highest BCUT2D eigenvalue weighted by atomic mass is 32.1. The predicted octanol–water partition coefficient (Wildman–Crippen LogP) is 3.71. The van der Waals surface area contributed by atoms with Crippen molar-refractivity contribution in [3.63, 3.8) is 0 Å². The molecule has 0 aliphatic carbocycles. The van der Waals surface area contributed by atoms with Crippen molar-refractivity contribution in [1.29, 1.82) is 0 Å². The van der Waals surface area contributed by atoms with E-state index in [9.17, 15) is 10.1 Å². The highest BCUT2D eigenvalue weighted by Crippen LogP contribution is 2.25. The number of thiazole rings is 1. The molecule has 0 amide bonds. The molecule has 0 saturated carbocycles. The zero-order chi connectivity index (χ0) is 13.9. The molecule has 0 bridgehead atoms. The fourth-order valence-electron chi connectivity index (χ4n) is 1.58. The fraction of sp³-hybridized carbons (Fsp3) is 0. The first-order valence-electron chi connectivity index (χ1n) is 5.61. The predicted molar refractivity (Wildman–Crippen MR) is 81.8 cm³/mol. The average molecular weight is 304 g/mol. The van der Waals surface area contributed by atoms with Crippen LogP contribution in [0.25, 0.3) is 10.2 Å². The summed E-state index contributed by atoms with van der Waals surface area (Å²) in [5.41, 5.74) is 3.75. The van der Waals surface area contributed by atoms with Gasteiger partial charge in [0.1, 0.15) is 0 Å². The van der Waals surface area contributed by atoms with Gasteiger partial charge in [-0.15, -0.1) is 0 Å². The summed E-state index contributed by atoms with van der Waals surface area (Å²) in [6, 6.07) is 10.9. The lowest BCUT2D eigenvalue weighted by molar-refractivity contribution is -0.380. The Labute approximate surface area is 121 Å². The Balaban J connectivity index is 1.71. The van der Waals surface area contributed by atoms with Gasteiger partial charge in [-0.1, -0.05) is 34.8 Å². The number of anilines is 1. The minimum atomic E-state index is -0.414. The van der Waals surface area contributed by atoms with Crippen molar-refractivity contribution in [3.8, 4) is 0 Å². The summed E-state index contributed by atoms with van der Waals surface area (Å²) in [6.45, 7) is 0. The van der Waals surface area contributed by atoms with Crippen LogP contribution in [0.4, 0.5) is 10.1 Å². The minimum absolute atomic E-state index is 0.103. The maximum atomic E-state index is 10.6. The maximum absolute atomic E-state index is 10.6. The molecule has 2 aromatic heterocycles. The molecule has 2 heterocycles. The van der Waals surface area contributed by atoms with Crippen LogP contribution in [0.3, 0.4) is 0 Å². The van der Waals surface area contributed by atoms with Gasteiger partial charge in [0.25, 0.3) is 0 Å². The molecule has 6 nitrogen and oxygen atoms in total. The van der Waals surface area contributed by atoms with Crippen LogP contribution in [0.15, 0.2) is 41.5 Å². The number of nitro groups is 1. The first-order valence-corrected chi connectivity index (χ1v) is 7.24. The molecule has 0 atom stereocenters. The van der Waals surface area contributed by atoms with Crippen LogP contribution in [-0.2, 0) is 0 Å². The molecular weight excluding hydrogens is 296 g/mol. The van der Waals surface area contributed by atoms with E-state index in [1.165, 1.54) is 17.4 Å². The van der Waals surface area contributed by atoms with E-state index in [1.807, 2.05) is 24.3 Å². The van der Waals surface area contributed by atoms with Crippen molar-refractivity contribution in [2.24, 2.45) is 5.10 Å². The number of fused-ring (bicyclic) bond motifs is 1. The molecule has 3 rings (SSSR count). The van der Waals surface area contributed by atoms with E-state index in [4.69, 9.17) is 0 Å². The smallest absolute Gasteiger partial charge is 0.258 e. The van der Waals surface area contributed by atoms with Crippen molar-refractivity contribution in [2.45, 2.75) is 0 Å². The molecule has 20 heavy (non-hydrogen) atoms. The number of hydrazone groups is 1. The van der Waals surface area contributed by atoms with E-state index in [0.29, 0.717) is 10.0 Å². The lowest BCUT2D eigenvalue weighted by Gasteiger charge is -1.90. The van der Waals surface area contributed by atoms with Crippen LogP contribution in [0.5, 0.6) is 0 Å². The number of benzene rings is 1. The van der Waals surface area contributed by atoms with Crippen LogP contribution in [0.1, 0.15) is 4.88 Å². The van der Waals surface area contributed by atoms with Crippen LogP contribution < -0.4 is 5.43 Å².